The van der Waals surface area contributed by atoms with Crippen LogP contribution in [0, 0.1) is 0 Å². The van der Waals surface area contributed by atoms with Crippen molar-refractivity contribution >= 4 is 5.78 Å². The van der Waals surface area contributed by atoms with Gasteiger partial charge in [-0.3, -0.25) is 4.79 Å². The van der Waals surface area contributed by atoms with Crippen molar-refractivity contribution in [2.75, 3.05) is 13.7 Å². The van der Waals surface area contributed by atoms with Gasteiger partial charge < -0.3 is 69.3 Å². The molecule has 0 radical (unpaired) electrons. The fourth-order valence-electron chi connectivity index (χ4n) is 5.20. The number of phenolic OH excluding ortho intramolecular Hbond substituents is 2. The molecule has 236 valence electrons. The van der Waals surface area contributed by atoms with Crippen LogP contribution in [0.4, 0.5) is 0 Å². The Morgan fingerprint density at radius 3 is 2.20 bits per heavy atom. The molecule has 11 atom stereocenters. The molecule has 8 N–H and O–H groups in total. The minimum Gasteiger partial charge on any atom is -0.507 e. The van der Waals surface area contributed by atoms with Crippen LogP contribution in [0.2, 0.25) is 0 Å². The van der Waals surface area contributed by atoms with Crippen molar-refractivity contribution in [2.45, 2.75) is 80.9 Å². The van der Waals surface area contributed by atoms with E-state index >= 15 is 0 Å². The zero-order chi connectivity index (χ0) is 31.2. The zero-order valence-corrected chi connectivity index (χ0v) is 26.1. The van der Waals surface area contributed by atoms with Crippen molar-refractivity contribution in [3.63, 3.8) is 0 Å². The Balaban J connectivity index is 0.00000442. The van der Waals surface area contributed by atoms with Gasteiger partial charge in [0.1, 0.15) is 71.6 Å². The summed E-state index contributed by atoms with van der Waals surface area (Å²) in [6.45, 7) is 0.964. The van der Waals surface area contributed by atoms with Crippen LogP contribution in [0.5, 0.6) is 28.7 Å². The minimum absolute atomic E-state index is 0. The Morgan fingerprint density at radius 1 is 0.841 bits per heavy atom. The van der Waals surface area contributed by atoms with Gasteiger partial charge in [0, 0.05) is 12.1 Å². The third-order valence-electron chi connectivity index (χ3n) is 7.70. The van der Waals surface area contributed by atoms with Gasteiger partial charge >= 0.3 is 29.6 Å². The Kier molecular flexibility index (Phi) is 11.0. The number of benzene rings is 2. The fraction of sp³-hybridized carbons (Fsp3) is 0.536. The molecule has 2 aromatic carbocycles. The van der Waals surface area contributed by atoms with E-state index in [1.807, 2.05) is 0 Å². The van der Waals surface area contributed by atoms with Gasteiger partial charge in [0.05, 0.1) is 26.2 Å². The van der Waals surface area contributed by atoms with Crippen molar-refractivity contribution in [1.82, 2.24) is 0 Å². The predicted octanol–water partition coefficient (Wildman–Crippen LogP) is -4.15. The normalized spacial score (nSPS) is 35.2. The second kappa shape index (κ2) is 14.0. The number of hydrogen-bond acceptors (Lipinski definition) is 15. The van der Waals surface area contributed by atoms with Gasteiger partial charge in [0.15, 0.2) is 23.6 Å². The number of carbonyl (C=O) groups excluding carboxylic acids is 1. The Morgan fingerprint density at radius 2 is 1.52 bits per heavy atom. The average Bonchev–Trinajstić information content (AvgIpc) is 2.97. The molecule has 0 spiro atoms. The van der Waals surface area contributed by atoms with Crippen LogP contribution in [0.25, 0.3) is 0 Å². The topological polar surface area (TPSA) is 234 Å². The minimum atomic E-state index is -1.77. The number of aliphatic hydroxyl groups excluding tert-OH is 6. The first kappa shape index (κ1) is 34.6. The van der Waals surface area contributed by atoms with E-state index in [0.29, 0.717) is 5.56 Å². The van der Waals surface area contributed by atoms with Gasteiger partial charge in [-0.05, 0) is 24.6 Å². The number of carbonyl (C=O) groups is 1. The largest absolute Gasteiger partial charge is 1.00 e. The number of hydrogen-bond donors (Lipinski definition) is 8. The number of aliphatic hydroxyl groups is 6. The second-order valence-electron chi connectivity index (χ2n) is 10.6. The third-order valence-corrected chi connectivity index (χ3v) is 7.70. The summed E-state index contributed by atoms with van der Waals surface area (Å²) in [5.74, 6) is -0.999. The molecular formula is C28H34NaO15+. The molecule has 0 aromatic heterocycles. The summed E-state index contributed by atoms with van der Waals surface area (Å²) < 4.78 is 33.1. The van der Waals surface area contributed by atoms with E-state index in [1.165, 1.54) is 32.2 Å². The van der Waals surface area contributed by atoms with Crippen LogP contribution < -0.4 is 43.8 Å². The molecule has 0 aliphatic carbocycles. The monoisotopic (exact) mass is 633 g/mol. The summed E-state index contributed by atoms with van der Waals surface area (Å²) in [4.78, 5) is 12.9. The maximum absolute atomic E-state index is 12.9. The fourth-order valence-corrected chi connectivity index (χ4v) is 5.20. The summed E-state index contributed by atoms with van der Waals surface area (Å²) in [5.41, 5.74) is 0.373. The van der Waals surface area contributed by atoms with E-state index in [2.05, 4.69) is 0 Å². The van der Waals surface area contributed by atoms with Gasteiger partial charge in [0.2, 0.25) is 6.29 Å². The molecule has 2 aromatic rings. The number of aromatic hydroxyl groups is 2. The molecule has 3 aliphatic heterocycles. The SMILES string of the molecule is COc1ccc([C@@H]2CC(=O)c3c(O)cc(O[C@@H]4O[C@H](CO[C@@H]5O[C@@H](C)[C@H](O)[C@@H](O)[C@H]5O)[C@@H](O)[C@H](O)[C@H]4O)cc3O2)cc1O.[Na+]. The smallest absolute Gasteiger partial charge is 0.507 e. The molecule has 2 fully saturated rings. The average molecular weight is 634 g/mol. The zero-order valence-electron chi connectivity index (χ0n) is 24.1. The van der Waals surface area contributed by atoms with Crippen LogP contribution in [0.1, 0.15) is 35.4 Å². The van der Waals surface area contributed by atoms with Crippen molar-refractivity contribution in [3.05, 3.63) is 41.5 Å². The standard InChI is InChI=1S/C28H34O15.Na/c1-10-21(32)23(34)25(36)27(40-10)39-9-19-22(33)24(35)26(37)28(43-19)41-12-6-14(30)20-15(31)8-17(42-18(20)7-12)11-3-4-16(38-2)13(29)5-11;/h3-7,10,17,19,21-30,32-37H,8-9H2,1-2H3;/q;+1/t10-,17-,19+,21-,22+,23+,24-,25+,26+,27+,28+;/m0./s1. The number of fused-ring (bicyclic) bond motifs is 1. The number of methoxy groups -OCH3 is 1. The van der Waals surface area contributed by atoms with Crippen LogP contribution in [-0.2, 0) is 14.2 Å². The number of Topliss-reactive ketones (excluding diaryl/α,β-unsaturated/α-hetero) is 1. The summed E-state index contributed by atoms with van der Waals surface area (Å²) >= 11 is 0. The van der Waals surface area contributed by atoms with E-state index in [-0.39, 0.29) is 64.5 Å². The molecule has 5 rings (SSSR count). The van der Waals surface area contributed by atoms with E-state index in [0.717, 1.165) is 6.07 Å². The number of ether oxygens (including phenoxy) is 6. The summed E-state index contributed by atoms with van der Waals surface area (Å²) in [6, 6.07) is 6.90. The number of ketones is 1. The van der Waals surface area contributed by atoms with Crippen LogP contribution in [0.15, 0.2) is 30.3 Å². The maximum Gasteiger partial charge on any atom is 1.00 e. The van der Waals surface area contributed by atoms with Crippen molar-refractivity contribution < 1.29 is 104 Å². The van der Waals surface area contributed by atoms with Crippen LogP contribution in [-0.4, -0.2) is 122 Å². The van der Waals surface area contributed by atoms with Crippen molar-refractivity contribution in [1.29, 1.82) is 0 Å². The van der Waals surface area contributed by atoms with Crippen molar-refractivity contribution in [3.8, 4) is 28.7 Å². The molecule has 15 nitrogen and oxygen atoms in total. The Hall–Kier alpha value is -2.25. The molecule has 0 bridgehead atoms. The van der Waals surface area contributed by atoms with Gasteiger partial charge in [0.25, 0.3) is 0 Å². The van der Waals surface area contributed by atoms with Gasteiger partial charge in [-0.15, -0.1) is 0 Å². The third kappa shape index (κ3) is 6.79. The number of phenols is 2. The molecule has 2 saturated heterocycles. The predicted molar refractivity (Wildman–Crippen MR) is 141 cm³/mol. The molecule has 0 saturated carbocycles. The second-order valence-corrected chi connectivity index (χ2v) is 10.6. The molecule has 0 amide bonds. The van der Waals surface area contributed by atoms with Gasteiger partial charge in [-0.1, -0.05) is 6.07 Å². The first-order valence-corrected chi connectivity index (χ1v) is 13.5. The first-order chi connectivity index (χ1) is 20.4. The van der Waals surface area contributed by atoms with E-state index in [9.17, 15) is 45.6 Å². The number of rotatable bonds is 7. The van der Waals surface area contributed by atoms with Crippen LogP contribution >= 0.6 is 0 Å². The van der Waals surface area contributed by atoms with E-state index in [4.69, 9.17) is 28.4 Å². The maximum atomic E-state index is 12.9. The van der Waals surface area contributed by atoms with Crippen LogP contribution in [0.3, 0.4) is 0 Å². The first-order valence-electron chi connectivity index (χ1n) is 13.5. The summed E-state index contributed by atoms with van der Waals surface area (Å²) in [5, 5.41) is 82.2. The van der Waals surface area contributed by atoms with Crippen molar-refractivity contribution in [2.24, 2.45) is 0 Å². The molecular weight excluding hydrogens is 599 g/mol. The quantitative estimate of drug-likeness (QED) is 0.135. The van der Waals surface area contributed by atoms with E-state index < -0.39 is 85.7 Å². The molecule has 44 heavy (non-hydrogen) atoms. The molecule has 0 unspecified atom stereocenters. The Labute approximate surface area is 273 Å². The Bertz CT molecular complexity index is 1330. The molecule has 3 aliphatic rings. The molecule has 3 heterocycles. The van der Waals surface area contributed by atoms with E-state index in [1.54, 1.807) is 6.07 Å². The summed E-state index contributed by atoms with van der Waals surface area (Å²) in [7, 11) is 1.39. The molecule has 16 heteroatoms. The van der Waals surface area contributed by atoms with Gasteiger partial charge in [-0.25, -0.2) is 0 Å². The summed E-state index contributed by atoms with van der Waals surface area (Å²) in [6.07, 6.45) is -15.9. The van der Waals surface area contributed by atoms with Gasteiger partial charge in [-0.2, -0.15) is 0 Å².